The molecule has 31 heavy (non-hydrogen) atoms. The van der Waals surface area contributed by atoms with Crippen molar-refractivity contribution >= 4 is 11.7 Å². The fourth-order valence-corrected chi connectivity index (χ4v) is 3.86. The van der Waals surface area contributed by atoms with Crippen LogP contribution in [0.25, 0.3) is 11.4 Å². The lowest BCUT2D eigenvalue weighted by Gasteiger charge is -2.32. The minimum Gasteiger partial charge on any atom is -0.484 e. The van der Waals surface area contributed by atoms with E-state index in [1.165, 1.54) is 0 Å². The quantitative estimate of drug-likeness (QED) is 0.584. The largest absolute Gasteiger partial charge is 0.484 e. The molecule has 0 N–H and O–H groups in total. The van der Waals surface area contributed by atoms with E-state index in [4.69, 9.17) is 14.7 Å². The third-order valence-corrected chi connectivity index (χ3v) is 5.59. The van der Waals surface area contributed by atoms with Crippen LogP contribution in [0.5, 0.6) is 5.75 Å². The summed E-state index contributed by atoms with van der Waals surface area (Å²) in [6.07, 6.45) is 0.711. The SMILES string of the molecule is CCN(CC)c1nc(-c2ccccc2)nc2c1CN(C(=O)COc1ccccc1)CC2. The minimum absolute atomic E-state index is 0.0212. The molecule has 1 aromatic heterocycles. The molecule has 1 amide bonds. The molecule has 0 atom stereocenters. The van der Waals surface area contributed by atoms with E-state index < -0.39 is 0 Å². The lowest BCUT2D eigenvalue weighted by atomic mass is 10.0. The predicted octanol–water partition coefficient (Wildman–Crippen LogP) is 3.95. The van der Waals surface area contributed by atoms with Crippen LogP contribution < -0.4 is 9.64 Å². The number of hydrogen-bond donors (Lipinski definition) is 0. The third-order valence-electron chi connectivity index (χ3n) is 5.59. The average molecular weight is 417 g/mol. The summed E-state index contributed by atoms with van der Waals surface area (Å²) >= 11 is 0. The first-order chi connectivity index (χ1) is 15.2. The molecule has 2 aromatic carbocycles. The van der Waals surface area contributed by atoms with Crippen molar-refractivity contribution in [2.24, 2.45) is 0 Å². The predicted molar refractivity (Wildman–Crippen MR) is 122 cm³/mol. The topological polar surface area (TPSA) is 58.6 Å². The molecule has 2 heterocycles. The second kappa shape index (κ2) is 9.60. The van der Waals surface area contributed by atoms with Crippen molar-refractivity contribution in [3.63, 3.8) is 0 Å². The van der Waals surface area contributed by atoms with E-state index in [1.807, 2.05) is 65.6 Å². The first-order valence-corrected chi connectivity index (χ1v) is 10.8. The van der Waals surface area contributed by atoms with Crippen molar-refractivity contribution in [3.8, 4) is 17.1 Å². The van der Waals surface area contributed by atoms with E-state index in [9.17, 15) is 4.79 Å². The summed E-state index contributed by atoms with van der Waals surface area (Å²) in [5, 5.41) is 0. The van der Waals surface area contributed by atoms with E-state index in [2.05, 4.69) is 18.7 Å². The summed E-state index contributed by atoms with van der Waals surface area (Å²) in [5.41, 5.74) is 3.08. The molecule has 0 aliphatic carbocycles. The maximum absolute atomic E-state index is 12.8. The third kappa shape index (κ3) is 4.68. The van der Waals surface area contributed by atoms with Gasteiger partial charge in [-0.2, -0.15) is 0 Å². The maximum Gasteiger partial charge on any atom is 0.260 e. The van der Waals surface area contributed by atoms with E-state index in [0.29, 0.717) is 25.3 Å². The summed E-state index contributed by atoms with van der Waals surface area (Å²) in [6.45, 7) is 7.11. The Morgan fingerprint density at radius 3 is 2.35 bits per heavy atom. The van der Waals surface area contributed by atoms with Crippen LogP contribution in [-0.2, 0) is 17.8 Å². The number of benzene rings is 2. The molecule has 6 heteroatoms. The van der Waals surface area contributed by atoms with Gasteiger partial charge in [0.15, 0.2) is 12.4 Å². The number of hydrogen-bond acceptors (Lipinski definition) is 5. The first kappa shape index (κ1) is 20.8. The lowest BCUT2D eigenvalue weighted by Crippen LogP contribution is -2.40. The van der Waals surface area contributed by atoms with Crippen LogP contribution in [0.1, 0.15) is 25.1 Å². The van der Waals surface area contributed by atoms with Gasteiger partial charge in [-0.15, -0.1) is 0 Å². The first-order valence-electron chi connectivity index (χ1n) is 10.8. The second-order valence-corrected chi connectivity index (χ2v) is 7.50. The van der Waals surface area contributed by atoms with Crippen LogP contribution in [0.3, 0.4) is 0 Å². The van der Waals surface area contributed by atoms with Gasteiger partial charge in [-0.05, 0) is 26.0 Å². The molecule has 0 radical (unpaired) electrons. The molecule has 6 nitrogen and oxygen atoms in total. The van der Waals surface area contributed by atoms with Gasteiger partial charge in [-0.3, -0.25) is 4.79 Å². The van der Waals surface area contributed by atoms with Crippen LogP contribution in [0.15, 0.2) is 60.7 Å². The monoisotopic (exact) mass is 416 g/mol. The van der Waals surface area contributed by atoms with Crippen molar-refractivity contribution < 1.29 is 9.53 Å². The molecular formula is C25H28N4O2. The van der Waals surface area contributed by atoms with Gasteiger partial charge < -0.3 is 14.5 Å². The number of anilines is 1. The molecule has 1 aliphatic rings. The zero-order valence-electron chi connectivity index (χ0n) is 18.1. The Morgan fingerprint density at radius 2 is 1.68 bits per heavy atom. The Hall–Kier alpha value is -3.41. The van der Waals surface area contributed by atoms with Crippen LogP contribution in [0, 0.1) is 0 Å². The molecule has 0 fully saturated rings. The maximum atomic E-state index is 12.8. The molecule has 0 unspecified atom stereocenters. The highest BCUT2D eigenvalue weighted by molar-refractivity contribution is 5.78. The Morgan fingerprint density at radius 1 is 1.00 bits per heavy atom. The molecule has 0 saturated carbocycles. The molecule has 160 valence electrons. The summed E-state index contributed by atoms with van der Waals surface area (Å²) in [5.74, 6) is 2.35. The smallest absolute Gasteiger partial charge is 0.260 e. The number of ether oxygens (including phenoxy) is 1. The van der Waals surface area contributed by atoms with Gasteiger partial charge in [0.2, 0.25) is 0 Å². The number of para-hydroxylation sites is 1. The normalized spacial score (nSPS) is 12.9. The fraction of sp³-hybridized carbons (Fsp3) is 0.320. The van der Waals surface area contributed by atoms with Crippen LogP contribution in [-0.4, -0.2) is 47.0 Å². The highest BCUT2D eigenvalue weighted by atomic mass is 16.5. The average Bonchev–Trinajstić information content (AvgIpc) is 2.84. The second-order valence-electron chi connectivity index (χ2n) is 7.50. The van der Waals surface area contributed by atoms with Gasteiger partial charge in [0.05, 0.1) is 12.2 Å². The number of carbonyl (C=O) groups is 1. The Kier molecular flexibility index (Phi) is 6.46. The Balaban J connectivity index is 1.59. The van der Waals surface area contributed by atoms with Crippen molar-refractivity contribution in [2.75, 3.05) is 31.1 Å². The number of fused-ring (bicyclic) bond motifs is 1. The van der Waals surface area contributed by atoms with Crippen molar-refractivity contribution in [1.29, 1.82) is 0 Å². The van der Waals surface area contributed by atoms with Gasteiger partial charge in [-0.1, -0.05) is 48.5 Å². The summed E-state index contributed by atoms with van der Waals surface area (Å²) < 4.78 is 5.67. The van der Waals surface area contributed by atoms with Gasteiger partial charge in [0.1, 0.15) is 11.6 Å². The van der Waals surface area contributed by atoms with Gasteiger partial charge in [0, 0.05) is 37.2 Å². The summed E-state index contributed by atoms with van der Waals surface area (Å²) in [7, 11) is 0. The zero-order chi connectivity index (χ0) is 21.6. The van der Waals surface area contributed by atoms with Gasteiger partial charge in [-0.25, -0.2) is 9.97 Å². The molecule has 0 bridgehead atoms. The molecule has 0 spiro atoms. The summed E-state index contributed by atoms with van der Waals surface area (Å²) in [6, 6.07) is 19.5. The van der Waals surface area contributed by atoms with E-state index in [-0.39, 0.29) is 12.5 Å². The van der Waals surface area contributed by atoms with E-state index in [1.54, 1.807) is 0 Å². The van der Waals surface area contributed by atoms with Crippen LogP contribution in [0.4, 0.5) is 5.82 Å². The Labute approximate surface area is 183 Å². The van der Waals surface area contributed by atoms with E-state index >= 15 is 0 Å². The molecule has 3 aromatic rings. The fourth-order valence-electron chi connectivity index (χ4n) is 3.86. The zero-order valence-corrected chi connectivity index (χ0v) is 18.1. The lowest BCUT2D eigenvalue weighted by molar-refractivity contribution is -0.134. The number of carbonyl (C=O) groups excluding carboxylic acids is 1. The van der Waals surface area contributed by atoms with Crippen molar-refractivity contribution in [2.45, 2.75) is 26.8 Å². The highest BCUT2D eigenvalue weighted by Gasteiger charge is 2.27. The van der Waals surface area contributed by atoms with Crippen molar-refractivity contribution in [1.82, 2.24) is 14.9 Å². The number of amides is 1. The van der Waals surface area contributed by atoms with Gasteiger partial charge in [0.25, 0.3) is 5.91 Å². The Bertz CT molecular complexity index is 1020. The number of aromatic nitrogens is 2. The molecular weight excluding hydrogens is 388 g/mol. The molecule has 4 rings (SSSR count). The minimum atomic E-state index is -0.0212. The number of rotatable bonds is 7. The molecule has 1 aliphatic heterocycles. The number of nitrogens with zero attached hydrogens (tertiary/aromatic N) is 4. The summed E-state index contributed by atoms with van der Waals surface area (Å²) in [4.78, 5) is 26.7. The van der Waals surface area contributed by atoms with Crippen LogP contribution in [0.2, 0.25) is 0 Å². The van der Waals surface area contributed by atoms with Crippen molar-refractivity contribution in [3.05, 3.63) is 71.9 Å². The van der Waals surface area contributed by atoms with Gasteiger partial charge >= 0.3 is 0 Å². The highest BCUT2D eigenvalue weighted by Crippen LogP contribution is 2.29. The standard InChI is InChI=1S/C25H28N4O2/c1-3-28(4-2)25-21-17-29(23(30)18-31-20-13-9-6-10-14-20)16-15-22(21)26-24(27-25)19-11-7-5-8-12-19/h5-14H,3-4,15-18H2,1-2H3. The van der Waals surface area contributed by atoms with E-state index in [0.717, 1.165) is 41.6 Å². The van der Waals surface area contributed by atoms with Crippen LogP contribution >= 0.6 is 0 Å². The molecule has 0 saturated heterocycles.